The van der Waals surface area contributed by atoms with Crippen molar-refractivity contribution in [2.45, 2.75) is 109 Å². The van der Waals surface area contributed by atoms with E-state index in [2.05, 4.69) is 89.2 Å². The summed E-state index contributed by atoms with van der Waals surface area (Å²) in [6, 6.07) is 12.8. The molecule has 0 bridgehead atoms. The van der Waals surface area contributed by atoms with Crippen molar-refractivity contribution in [3.8, 4) is 0 Å². The first-order chi connectivity index (χ1) is 21.5. The smallest absolute Gasteiger partial charge is 0.317 e. The van der Waals surface area contributed by atoms with Crippen molar-refractivity contribution in [2.75, 3.05) is 23.7 Å². The molecule has 2 aromatic carbocycles. The average Bonchev–Trinajstić information content (AvgIpc) is 2.88. The second-order valence-corrected chi connectivity index (χ2v) is 42.9. The third-order valence-corrected chi connectivity index (χ3v) is 31.9. The van der Waals surface area contributed by atoms with Gasteiger partial charge in [-0.15, -0.1) is 0 Å². The van der Waals surface area contributed by atoms with Crippen molar-refractivity contribution < 1.29 is 26.0 Å². The van der Waals surface area contributed by atoms with Crippen LogP contribution in [0.3, 0.4) is 0 Å². The third kappa shape index (κ3) is 10.3. The summed E-state index contributed by atoms with van der Waals surface area (Å²) in [7, 11) is -11.5. The van der Waals surface area contributed by atoms with Gasteiger partial charge in [0.15, 0.2) is 44.8 Å². The molecule has 0 aromatic heterocycles. The first-order valence-electron chi connectivity index (χ1n) is 17.2. The summed E-state index contributed by atoms with van der Waals surface area (Å²) in [6.45, 7) is 28.1. The molecule has 1 aliphatic heterocycles. The number of ketones is 2. The van der Waals surface area contributed by atoms with Gasteiger partial charge in [0.05, 0.1) is 11.1 Å². The van der Waals surface area contributed by atoms with E-state index in [9.17, 15) is 9.59 Å². The molecule has 47 heavy (non-hydrogen) atoms. The van der Waals surface area contributed by atoms with E-state index < -0.39 is 50.4 Å². The van der Waals surface area contributed by atoms with Crippen LogP contribution in [0.25, 0.3) is 0 Å². The Morgan fingerprint density at radius 3 is 1.55 bits per heavy atom. The molecule has 2 aliphatic rings. The number of benzene rings is 2. The maximum absolute atomic E-state index is 14.0. The van der Waals surface area contributed by atoms with Gasteiger partial charge in [-0.3, -0.25) is 9.59 Å². The summed E-state index contributed by atoms with van der Waals surface area (Å²) in [5.74, 6) is -0.231. The van der Waals surface area contributed by atoms with E-state index in [1.807, 2.05) is 24.3 Å². The Bertz CT molecular complexity index is 1460. The predicted octanol–water partition coefficient (Wildman–Crippen LogP) is 8.91. The number of carbonyl (C=O) groups is 2. The van der Waals surface area contributed by atoms with Crippen molar-refractivity contribution in [3.63, 3.8) is 0 Å². The van der Waals surface area contributed by atoms with Crippen LogP contribution in [-0.2, 0) is 16.5 Å². The molecule has 4 rings (SSSR count). The highest BCUT2D eigenvalue weighted by molar-refractivity contribution is 7.03. The first-order valence-corrected chi connectivity index (χ1v) is 35.2. The molecular weight excluding hydrogens is 689 g/mol. The highest BCUT2D eigenvalue weighted by Gasteiger charge is 2.57. The number of hydrogen-bond acceptors (Lipinski definition) is 8. The maximum Gasteiger partial charge on any atom is 0.317 e. The maximum atomic E-state index is 14.0. The fourth-order valence-corrected chi connectivity index (χ4v) is 37.0. The van der Waals surface area contributed by atoms with Crippen LogP contribution < -0.4 is 10.6 Å². The lowest BCUT2D eigenvalue weighted by Gasteiger charge is -2.52. The lowest BCUT2D eigenvalue weighted by Crippen LogP contribution is -2.67. The van der Waals surface area contributed by atoms with Crippen LogP contribution in [0.4, 0.5) is 11.4 Å². The van der Waals surface area contributed by atoms with Gasteiger partial charge in [0, 0.05) is 41.3 Å². The number of fused-ring (bicyclic) bond motifs is 2. The zero-order valence-electron chi connectivity index (χ0n) is 30.9. The number of anilines is 2. The molecule has 14 heteroatoms. The van der Waals surface area contributed by atoms with Crippen LogP contribution in [0.2, 0.25) is 96.3 Å². The molecule has 1 heterocycles. The van der Waals surface area contributed by atoms with E-state index >= 15 is 0 Å². The highest BCUT2D eigenvalue weighted by Crippen LogP contribution is 2.42. The molecule has 0 radical (unpaired) electrons. The van der Waals surface area contributed by atoms with Crippen LogP contribution in [0, 0.1) is 0 Å². The SMILES string of the molecule is C[Si](C)(C)O[Si](C)(CCCNc1ccc(NCCC[Si]2(O[Si](C)(C)C)C[Si](C)(C)O2)c2c1C(=O)c1ccccc1C2=O)O[Si](C)(C)C. The van der Waals surface area contributed by atoms with Gasteiger partial charge in [0.2, 0.25) is 0 Å². The molecule has 260 valence electrons. The Labute approximate surface area is 289 Å². The van der Waals surface area contributed by atoms with Gasteiger partial charge in [-0.05, 0) is 116 Å². The summed E-state index contributed by atoms with van der Waals surface area (Å²) in [5.41, 5.74) is 4.38. The summed E-state index contributed by atoms with van der Waals surface area (Å²) in [6.07, 6.45) is 1.73. The van der Waals surface area contributed by atoms with E-state index in [4.69, 9.17) is 16.5 Å². The minimum Gasteiger partial charge on any atom is -0.437 e. The zero-order valence-corrected chi connectivity index (χ0v) is 36.9. The van der Waals surface area contributed by atoms with E-state index in [1.165, 1.54) is 0 Å². The molecule has 8 nitrogen and oxygen atoms in total. The monoisotopic (exact) mass is 746 g/mol. The van der Waals surface area contributed by atoms with E-state index in [1.54, 1.807) is 12.1 Å². The van der Waals surface area contributed by atoms with Gasteiger partial charge in [-0.25, -0.2) is 0 Å². The van der Waals surface area contributed by atoms with Gasteiger partial charge in [-0.2, -0.15) is 0 Å². The molecule has 0 amide bonds. The molecule has 1 unspecified atom stereocenters. The minimum absolute atomic E-state index is 0.114. The Hall–Kier alpha value is -1.48. The van der Waals surface area contributed by atoms with E-state index in [0.717, 1.165) is 30.6 Å². The largest absolute Gasteiger partial charge is 0.437 e. The first kappa shape index (κ1) is 38.3. The Morgan fingerprint density at radius 2 is 1.15 bits per heavy atom. The quantitative estimate of drug-likeness (QED) is 0.111. The van der Waals surface area contributed by atoms with Gasteiger partial charge in [-0.1, -0.05) is 24.3 Å². The predicted molar refractivity (Wildman–Crippen MR) is 210 cm³/mol. The molecule has 1 saturated heterocycles. The Balaban J connectivity index is 1.51. The van der Waals surface area contributed by atoms with Crippen LogP contribution in [-0.4, -0.2) is 75.0 Å². The topological polar surface area (TPSA) is 95.1 Å². The van der Waals surface area contributed by atoms with Crippen molar-refractivity contribution in [3.05, 3.63) is 58.7 Å². The fourth-order valence-electron chi connectivity index (χ4n) is 7.10. The number of hydrogen-bond donors (Lipinski definition) is 2. The molecule has 1 aliphatic carbocycles. The number of nitrogens with one attached hydrogen (secondary N) is 2. The molecule has 2 N–H and O–H groups in total. The van der Waals surface area contributed by atoms with E-state index in [0.29, 0.717) is 46.7 Å². The molecule has 0 spiro atoms. The van der Waals surface area contributed by atoms with Crippen molar-refractivity contribution in [1.82, 2.24) is 0 Å². The number of carbonyl (C=O) groups excluding carboxylic acids is 2. The summed E-state index contributed by atoms with van der Waals surface area (Å²) in [5, 5.41) is 7.05. The second kappa shape index (κ2) is 14.0. The second-order valence-electron chi connectivity index (χ2n) is 16.9. The molecule has 1 fully saturated rings. The van der Waals surface area contributed by atoms with E-state index in [-0.39, 0.29) is 11.6 Å². The standard InChI is InChI=1S/C33H58N2O6Si6/c1-42(2,3)38-46(12,39-43(4,5)6)23-15-21-34-28-19-20-29(31-30(28)32(36)26-17-13-14-18-27(26)33(31)37)35-22-16-24-47(40-44(7,8)9)25-45(10,11)41-47/h13-14,17-20,34-35H,15-16,21-25H2,1-12H3. The summed E-state index contributed by atoms with van der Waals surface area (Å²) < 4.78 is 26.6. The Kier molecular flexibility index (Phi) is 11.4. The highest BCUT2D eigenvalue weighted by atomic mass is 28.5. The minimum atomic E-state index is -2.38. The van der Waals surface area contributed by atoms with Gasteiger partial charge >= 0.3 is 17.1 Å². The summed E-state index contributed by atoms with van der Waals surface area (Å²) >= 11 is 0. The van der Waals surface area contributed by atoms with Crippen LogP contribution >= 0.6 is 0 Å². The normalized spacial score (nSPS) is 19.6. The van der Waals surface area contributed by atoms with Gasteiger partial charge in [0.25, 0.3) is 0 Å². The summed E-state index contributed by atoms with van der Waals surface area (Å²) in [4.78, 5) is 27.9. The molecule has 1 atom stereocenters. The molecule has 2 aromatic rings. The molecular formula is C33H58N2O6Si6. The average molecular weight is 747 g/mol. The van der Waals surface area contributed by atoms with Gasteiger partial charge in [0.1, 0.15) is 0 Å². The van der Waals surface area contributed by atoms with Crippen LogP contribution in [0.15, 0.2) is 36.4 Å². The third-order valence-electron chi connectivity index (χ3n) is 7.94. The zero-order chi connectivity index (χ0) is 35.1. The van der Waals surface area contributed by atoms with Crippen molar-refractivity contribution >= 4 is 73.3 Å². The van der Waals surface area contributed by atoms with Crippen LogP contribution in [0.5, 0.6) is 0 Å². The number of rotatable bonds is 16. The van der Waals surface area contributed by atoms with Crippen molar-refractivity contribution in [2.24, 2.45) is 0 Å². The molecule has 0 saturated carbocycles. The van der Waals surface area contributed by atoms with Gasteiger partial charge < -0.3 is 27.1 Å². The lowest BCUT2D eigenvalue weighted by molar-refractivity contribution is 0.0980. The van der Waals surface area contributed by atoms with Crippen LogP contribution in [0.1, 0.15) is 44.7 Å². The fraction of sp³-hybridized carbons (Fsp3) is 0.576. The van der Waals surface area contributed by atoms with Crippen molar-refractivity contribution in [1.29, 1.82) is 0 Å². The lowest BCUT2D eigenvalue weighted by atomic mass is 9.82. The Morgan fingerprint density at radius 1 is 0.702 bits per heavy atom.